The molecule has 1 aliphatic rings. The summed E-state index contributed by atoms with van der Waals surface area (Å²) >= 11 is 0. The summed E-state index contributed by atoms with van der Waals surface area (Å²) in [5, 5.41) is 0. The summed E-state index contributed by atoms with van der Waals surface area (Å²) < 4.78 is 10.3. The van der Waals surface area contributed by atoms with Gasteiger partial charge in [0, 0.05) is 25.3 Å². The molecule has 1 fully saturated rings. The molecule has 3 rings (SSSR count). The van der Waals surface area contributed by atoms with Crippen molar-refractivity contribution in [3.8, 4) is 5.75 Å². The van der Waals surface area contributed by atoms with Crippen LogP contribution in [0.3, 0.4) is 0 Å². The standard InChI is InChI=1S/C20H23NO3/c1-23-14-16-3-7-17(8-4-16)20(22)21(18-9-10-18)13-15-5-11-19(24-2)12-6-15/h3-8,11-12,18H,9-10,13-14H2,1-2H3. The first-order valence-corrected chi connectivity index (χ1v) is 8.23. The Balaban J connectivity index is 1.73. The van der Waals surface area contributed by atoms with E-state index >= 15 is 0 Å². The summed E-state index contributed by atoms with van der Waals surface area (Å²) in [7, 11) is 3.32. The molecule has 0 bridgehead atoms. The minimum Gasteiger partial charge on any atom is -0.497 e. The lowest BCUT2D eigenvalue weighted by atomic mass is 10.1. The third-order valence-corrected chi connectivity index (χ3v) is 4.27. The monoisotopic (exact) mass is 325 g/mol. The van der Waals surface area contributed by atoms with E-state index in [0.717, 1.165) is 35.3 Å². The summed E-state index contributed by atoms with van der Waals surface area (Å²) in [5.74, 6) is 0.925. The van der Waals surface area contributed by atoms with Crippen molar-refractivity contribution in [1.29, 1.82) is 0 Å². The molecule has 24 heavy (non-hydrogen) atoms. The predicted octanol–water partition coefficient (Wildman–Crippen LogP) is 3.65. The van der Waals surface area contributed by atoms with E-state index in [2.05, 4.69) is 0 Å². The van der Waals surface area contributed by atoms with E-state index in [1.165, 1.54) is 0 Å². The Hall–Kier alpha value is -2.33. The van der Waals surface area contributed by atoms with Crippen molar-refractivity contribution >= 4 is 5.91 Å². The SMILES string of the molecule is COCc1ccc(C(=O)N(Cc2ccc(OC)cc2)C2CC2)cc1. The molecule has 1 saturated carbocycles. The van der Waals surface area contributed by atoms with Crippen LogP contribution >= 0.6 is 0 Å². The first kappa shape index (κ1) is 16.5. The molecule has 0 N–H and O–H groups in total. The number of nitrogens with zero attached hydrogens (tertiary/aromatic N) is 1. The zero-order valence-corrected chi connectivity index (χ0v) is 14.2. The fourth-order valence-electron chi connectivity index (χ4n) is 2.76. The van der Waals surface area contributed by atoms with Crippen LogP contribution in [0.4, 0.5) is 0 Å². The Labute approximate surface area is 143 Å². The van der Waals surface area contributed by atoms with Gasteiger partial charge in [0.15, 0.2) is 0 Å². The van der Waals surface area contributed by atoms with Gasteiger partial charge in [0.1, 0.15) is 5.75 Å². The summed E-state index contributed by atoms with van der Waals surface area (Å²) in [5.41, 5.74) is 2.92. The van der Waals surface area contributed by atoms with Crippen LogP contribution in [-0.4, -0.2) is 31.1 Å². The molecule has 0 unspecified atom stereocenters. The van der Waals surface area contributed by atoms with Gasteiger partial charge in [-0.3, -0.25) is 4.79 Å². The maximum Gasteiger partial charge on any atom is 0.254 e. The number of amides is 1. The van der Waals surface area contributed by atoms with Gasteiger partial charge in [0.05, 0.1) is 13.7 Å². The predicted molar refractivity (Wildman–Crippen MR) is 93.0 cm³/mol. The Kier molecular flexibility index (Phi) is 5.16. The number of methoxy groups -OCH3 is 2. The number of rotatable bonds is 7. The van der Waals surface area contributed by atoms with E-state index in [4.69, 9.17) is 9.47 Å². The average Bonchev–Trinajstić information content (AvgIpc) is 3.45. The normalized spacial score (nSPS) is 13.6. The first-order valence-electron chi connectivity index (χ1n) is 8.23. The highest BCUT2D eigenvalue weighted by molar-refractivity contribution is 5.94. The van der Waals surface area contributed by atoms with Crippen LogP contribution in [0.5, 0.6) is 5.75 Å². The van der Waals surface area contributed by atoms with Crippen LogP contribution in [0.1, 0.15) is 34.3 Å². The Morgan fingerprint density at radius 2 is 1.62 bits per heavy atom. The van der Waals surface area contributed by atoms with Crippen molar-refractivity contribution in [3.05, 3.63) is 65.2 Å². The van der Waals surface area contributed by atoms with Gasteiger partial charge < -0.3 is 14.4 Å². The molecule has 2 aromatic rings. The van der Waals surface area contributed by atoms with Crippen LogP contribution in [0, 0.1) is 0 Å². The third kappa shape index (κ3) is 3.95. The van der Waals surface area contributed by atoms with Crippen molar-refractivity contribution in [2.45, 2.75) is 32.0 Å². The molecule has 1 aliphatic carbocycles. The van der Waals surface area contributed by atoms with Gasteiger partial charge in [-0.1, -0.05) is 24.3 Å². The van der Waals surface area contributed by atoms with Gasteiger partial charge in [-0.05, 0) is 48.2 Å². The van der Waals surface area contributed by atoms with Gasteiger partial charge >= 0.3 is 0 Å². The van der Waals surface area contributed by atoms with Gasteiger partial charge in [-0.15, -0.1) is 0 Å². The van der Waals surface area contributed by atoms with Crippen LogP contribution in [-0.2, 0) is 17.9 Å². The Morgan fingerprint density at radius 3 is 2.17 bits per heavy atom. The van der Waals surface area contributed by atoms with E-state index < -0.39 is 0 Å². The second-order valence-electron chi connectivity index (χ2n) is 6.14. The van der Waals surface area contributed by atoms with Crippen LogP contribution in [0.25, 0.3) is 0 Å². The van der Waals surface area contributed by atoms with Crippen molar-refractivity contribution in [3.63, 3.8) is 0 Å². The highest BCUT2D eigenvalue weighted by Gasteiger charge is 2.33. The quantitative estimate of drug-likeness (QED) is 0.780. The summed E-state index contributed by atoms with van der Waals surface area (Å²) in [6.45, 7) is 1.19. The van der Waals surface area contributed by atoms with E-state index in [1.807, 2.05) is 53.4 Å². The summed E-state index contributed by atoms with van der Waals surface area (Å²) in [4.78, 5) is 14.9. The molecule has 0 heterocycles. The molecule has 4 nitrogen and oxygen atoms in total. The summed E-state index contributed by atoms with van der Waals surface area (Å²) in [6, 6.07) is 15.9. The average molecular weight is 325 g/mol. The van der Waals surface area contributed by atoms with Crippen molar-refractivity contribution in [1.82, 2.24) is 4.90 Å². The molecule has 0 aliphatic heterocycles. The van der Waals surface area contributed by atoms with E-state index in [-0.39, 0.29) is 5.91 Å². The van der Waals surface area contributed by atoms with E-state index in [0.29, 0.717) is 19.2 Å². The molecule has 0 atom stereocenters. The van der Waals surface area contributed by atoms with Crippen LogP contribution in [0.2, 0.25) is 0 Å². The van der Waals surface area contributed by atoms with Gasteiger partial charge in [-0.25, -0.2) is 0 Å². The molecule has 1 amide bonds. The zero-order valence-electron chi connectivity index (χ0n) is 14.2. The Bertz CT molecular complexity index is 675. The number of carbonyl (C=O) groups is 1. The highest BCUT2D eigenvalue weighted by Crippen LogP contribution is 2.30. The van der Waals surface area contributed by atoms with Crippen LogP contribution in [0.15, 0.2) is 48.5 Å². The molecule has 0 saturated heterocycles. The minimum atomic E-state index is 0.0947. The third-order valence-electron chi connectivity index (χ3n) is 4.27. The van der Waals surface area contributed by atoms with Gasteiger partial charge in [0.25, 0.3) is 5.91 Å². The summed E-state index contributed by atoms with van der Waals surface area (Å²) in [6.07, 6.45) is 2.17. The molecule has 4 heteroatoms. The molecule has 2 aromatic carbocycles. The van der Waals surface area contributed by atoms with E-state index in [1.54, 1.807) is 14.2 Å². The van der Waals surface area contributed by atoms with Gasteiger partial charge in [0.2, 0.25) is 0 Å². The lowest BCUT2D eigenvalue weighted by Crippen LogP contribution is -2.32. The number of carbonyl (C=O) groups excluding carboxylic acids is 1. The Morgan fingerprint density at radius 1 is 1.00 bits per heavy atom. The molecule has 0 radical (unpaired) electrons. The largest absolute Gasteiger partial charge is 0.497 e. The fourth-order valence-corrected chi connectivity index (χ4v) is 2.76. The van der Waals surface area contributed by atoms with Crippen LogP contribution < -0.4 is 4.74 Å². The van der Waals surface area contributed by atoms with Crippen molar-refractivity contribution in [2.24, 2.45) is 0 Å². The number of ether oxygens (including phenoxy) is 2. The smallest absolute Gasteiger partial charge is 0.254 e. The molecule has 0 aromatic heterocycles. The van der Waals surface area contributed by atoms with E-state index in [9.17, 15) is 4.79 Å². The lowest BCUT2D eigenvalue weighted by molar-refractivity contribution is 0.0730. The highest BCUT2D eigenvalue weighted by atomic mass is 16.5. The topological polar surface area (TPSA) is 38.8 Å². The molecular formula is C20H23NO3. The second kappa shape index (κ2) is 7.49. The maximum absolute atomic E-state index is 12.9. The molecule has 126 valence electrons. The number of hydrogen-bond acceptors (Lipinski definition) is 3. The first-order chi connectivity index (χ1) is 11.7. The van der Waals surface area contributed by atoms with Crippen molar-refractivity contribution in [2.75, 3.05) is 14.2 Å². The maximum atomic E-state index is 12.9. The number of benzene rings is 2. The van der Waals surface area contributed by atoms with Crippen molar-refractivity contribution < 1.29 is 14.3 Å². The number of hydrogen-bond donors (Lipinski definition) is 0. The van der Waals surface area contributed by atoms with Gasteiger partial charge in [-0.2, -0.15) is 0 Å². The second-order valence-corrected chi connectivity index (χ2v) is 6.14. The fraction of sp³-hybridized carbons (Fsp3) is 0.350. The lowest BCUT2D eigenvalue weighted by Gasteiger charge is -2.23. The zero-order chi connectivity index (χ0) is 16.9. The molecular weight excluding hydrogens is 302 g/mol. The molecule has 0 spiro atoms. The minimum absolute atomic E-state index is 0.0947.